The summed E-state index contributed by atoms with van der Waals surface area (Å²) < 4.78 is 40.2. The second-order valence-corrected chi connectivity index (χ2v) is 16.1. The third kappa shape index (κ3) is 9.36. The molecule has 2 aliphatic heterocycles. The van der Waals surface area contributed by atoms with Crippen molar-refractivity contribution < 1.29 is 22.8 Å². The Labute approximate surface area is 293 Å². The third-order valence-corrected chi connectivity index (χ3v) is 11.6. The van der Waals surface area contributed by atoms with Crippen LogP contribution in [0, 0.1) is 24.2 Å². The molecule has 2 amide bonds. The molecule has 3 unspecified atom stereocenters. The molecular weight excluding hydrogens is 650 g/mol. The summed E-state index contributed by atoms with van der Waals surface area (Å²) in [6.07, 6.45) is 4.62. The Kier molecular flexibility index (Phi) is 12.0. The van der Waals surface area contributed by atoms with E-state index in [1.165, 1.54) is 6.42 Å². The number of thiazole rings is 1. The number of alkyl halides is 3. The van der Waals surface area contributed by atoms with E-state index in [0.717, 1.165) is 53.1 Å². The monoisotopic (exact) mass is 702 g/mol. The van der Waals surface area contributed by atoms with E-state index in [1.54, 1.807) is 16.2 Å². The first-order chi connectivity index (χ1) is 23.2. The van der Waals surface area contributed by atoms with Crippen LogP contribution in [0.3, 0.4) is 0 Å². The Hall–Kier alpha value is -3.12. The molecule has 1 aromatic carbocycles. The highest BCUT2D eigenvalue weighted by atomic mass is 32.1. The van der Waals surface area contributed by atoms with Crippen molar-refractivity contribution in [2.45, 2.75) is 110 Å². The molecule has 1 aromatic heterocycles. The van der Waals surface area contributed by atoms with Crippen molar-refractivity contribution in [3.63, 3.8) is 0 Å². The number of aromatic nitrogens is 1. The zero-order valence-corrected chi connectivity index (χ0v) is 30.1. The van der Waals surface area contributed by atoms with Crippen LogP contribution in [-0.2, 0) is 9.59 Å². The van der Waals surface area contributed by atoms with E-state index in [-0.39, 0.29) is 24.7 Å². The van der Waals surface area contributed by atoms with E-state index in [1.807, 2.05) is 68.6 Å². The normalized spacial score (nSPS) is 21.8. The summed E-state index contributed by atoms with van der Waals surface area (Å²) in [7, 11) is 0. The van der Waals surface area contributed by atoms with Gasteiger partial charge < -0.3 is 26.2 Å². The summed E-state index contributed by atoms with van der Waals surface area (Å²) in [5.41, 5.74) is 11.4. The van der Waals surface area contributed by atoms with Crippen molar-refractivity contribution in [3.05, 3.63) is 52.9 Å². The van der Waals surface area contributed by atoms with Gasteiger partial charge in [-0.25, -0.2) is 4.98 Å². The lowest BCUT2D eigenvalue weighted by atomic mass is 9.85. The van der Waals surface area contributed by atoms with Gasteiger partial charge in [-0.3, -0.25) is 9.59 Å². The molecule has 270 valence electrons. The molecule has 4 N–H and O–H groups in total. The first-order valence-corrected chi connectivity index (χ1v) is 18.7. The topological polar surface area (TPSA) is 104 Å². The van der Waals surface area contributed by atoms with Gasteiger partial charge in [0.05, 0.1) is 28.0 Å². The molecule has 3 heterocycles. The largest absolute Gasteiger partial charge is 0.401 e. The van der Waals surface area contributed by atoms with Crippen LogP contribution in [0.2, 0.25) is 0 Å². The van der Waals surface area contributed by atoms with E-state index < -0.39 is 35.6 Å². The number of aryl methyl sites for hydroxylation is 1. The molecule has 1 aliphatic carbocycles. The van der Waals surface area contributed by atoms with Gasteiger partial charge in [0.1, 0.15) is 12.1 Å². The highest BCUT2D eigenvalue weighted by molar-refractivity contribution is 7.13. The number of hydrogen-bond donors (Lipinski definition) is 3. The number of hydrogen-bond acceptors (Lipinski definition) is 7. The number of halogens is 3. The minimum absolute atomic E-state index is 0.0412. The van der Waals surface area contributed by atoms with Crippen LogP contribution in [0.25, 0.3) is 10.4 Å². The number of likely N-dealkylation sites (tertiary alicyclic amines) is 2. The number of piperidine rings is 1. The lowest BCUT2D eigenvalue weighted by molar-refractivity contribution is -0.185. The molecule has 12 heteroatoms. The van der Waals surface area contributed by atoms with Crippen molar-refractivity contribution in [1.29, 1.82) is 0 Å². The second-order valence-electron chi connectivity index (χ2n) is 15.2. The molecule has 3 aliphatic rings. The average molecular weight is 703 g/mol. The molecule has 49 heavy (non-hydrogen) atoms. The minimum atomic E-state index is -4.19. The molecule has 5 rings (SSSR count). The first-order valence-electron chi connectivity index (χ1n) is 17.8. The van der Waals surface area contributed by atoms with Crippen molar-refractivity contribution in [1.82, 2.24) is 25.4 Å². The standard InChI is InChI=1S/C37H53F3N6O2S/c1-24-32(49-23-43-24)27-14-12-26(13-15-27)30(22-45-19-16-28(17-20-45)37(38,39)40)44-34(47)31-11-8-18-46(31)35(48)33(36(2,3)4)42-21-29(41)25-9-6-5-7-10-25/h12-15,21,23,25,28,30-31,33,42H,5-11,16-20,22,41H2,1-4H3,(H,44,47)/b29-21-. The zero-order valence-electron chi connectivity index (χ0n) is 29.3. The predicted molar refractivity (Wildman–Crippen MR) is 188 cm³/mol. The fourth-order valence-electron chi connectivity index (χ4n) is 7.54. The molecule has 0 spiro atoms. The Morgan fingerprint density at radius 2 is 1.67 bits per heavy atom. The molecular formula is C37H53F3N6O2S. The highest BCUT2D eigenvalue weighted by Crippen LogP contribution is 2.35. The maximum atomic E-state index is 14.2. The maximum absolute atomic E-state index is 14.2. The number of nitrogens with zero attached hydrogens (tertiary/aromatic N) is 3. The number of carbonyl (C=O) groups is 2. The third-order valence-electron chi connectivity index (χ3n) is 10.6. The smallest absolute Gasteiger partial charge is 0.391 e. The number of amides is 2. The molecule has 1 saturated carbocycles. The Morgan fingerprint density at radius 3 is 2.27 bits per heavy atom. The lowest BCUT2D eigenvalue weighted by Crippen LogP contribution is -2.56. The second kappa shape index (κ2) is 15.8. The molecule has 2 aromatic rings. The van der Waals surface area contributed by atoms with E-state index in [2.05, 4.69) is 15.6 Å². The molecule has 0 bridgehead atoms. The van der Waals surface area contributed by atoms with Crippen molar-refractivity contribution in [2.75, 3.05) is 26.2 Å². The number of allylic oxidation sites excluding steroid dienone is 1. The van der Waals surface area contributed by atoms with E-state index in [9.17, 15) is 22.8 Å². The Bertz CT molecular complexity index is 1440. The molecule has 3 fully saturated rings. The summed E-state index contributed by atoms with van der Waals surface area (Å²) in [4.78, 5) is 37.4. The highest BCUT2D eigenvalue weighted by Gasteiger charge is 2.43. The average Bonchev–Trinajstić information content (AvgIpc) is 3.74. The number of rotatable bonds is 10. The fourth-order valence-corrected chi connectivity index (χ4v) is 8.35. The van der Waals surface area contributed by atoms with Gasteiger partial charge >= 0.3 is 6.18 Å². The number of benzene rings is 1. The van der Waals surface area contributed by atoms with E-state index >= 15 is 0 Å². The predicted octanol–water partition coefficient (Wildman–Crippen LogP) is 6.93. The van der Waals surface area contributed by atoms with Crippen LogP contribution in [0.15, 0.2) is 41.7 Å². The fraction of sp³-hybridized carbons (Fsp3) is 0.649. The summed E-state index contributed by atoms with van der Waals surface area (Å²) in [5, 5.41) is 6.57. The summed E-state index contributed by atoms with van der Waals surface area (Å²) in [5.74, 6) is -1.35. The summed E-state index contributed by atoms with van der Waals surface area (Å²) in [6.45, 7) is 9.45. The van der Waals surface area contributed by atoms with Crippen molar-refractivity contribution in [2.24, 2.45) is 23.0 Å². The summed E-state index contributed by atoms with van der Waals surface area (Å²) >= 11 is 1.56. The van der Waals surface area contributed by atoms with Gasteiger partial charge in [0.2, 0.25) is 11.8 Å². The van der Waals surface area contributed by atoms with Gasteiger partial charge in [-0.1, -0.05) is 64.3 Å². The number of nitrogens with two attached hydrogens (primary N) is 1. The quantitative estimate of drug-likeness (QED) is 0.248. The van der Waals surface area contributed by atoms with E-state index in [0.29, 0.717) is 44.9 Å². The summed E-state index contributed by atoms with van der Waals surface area (Å²) in [6, 6.07) is 6.28. The van der Waals surface area contributed by atoms with Crippen molar-refractivity contribution >= 4 is 23.2 Å². The Morgan fingerprint density at radius 1 is 1.00 bits per heavy atom. The zero-order chi connectivity index (χ0) is 35.3. The van der Waals surface area contributed by atoms with Crippen LogP contribution in [0.1, 0.15) is 95.9 Å². The van der Waals surface area contributed by atoms with E-state index in [4.69, 9.17) is 5.73 Å². The van der Waals surface area contributed by atoms with Gasteiger partial charge in [-0.05, 0) is 81.0 Å². The van der Waals surface area contributed by atoms with Gasteiger partial charge in [0, 0.05) is 25.0 Å². The lowest BCUT2D eigenvalue weighted by Gasteiger charge is -2.37. The molecule has 0 radical (unpaired) electrons. The van der Waals surface area contributed by atoms with Crippen LogP contribution < -0.4 is 16.4 Å². The Balaban J connectivity index is 1.32. The van der Waals surface area contributed by atoms with Crippen LogP contribution in [0.4, 0.5) is 13.2 Å². The van der Waals surface area contributed by atoms with Crippen LogP contribution in [0.5, 0.6) is 0 Å². The number of nitrogens with one attached hydrogen (secondary N) is 2. The number of carbonyl (C=O) groups excluding carboxylic acids is 2. The van der Waals surface area contributed by atoms with Gasteiger partial charge in [0.25, 0.3) is 0 Å². The molecule has 3 atom stereocenters. The minimum Gasteiger partial charge on any atom is -0.401 e. The maximum Gasteiger partial charge on any atom is 0.391 e. The van der Waals surface area contributed by atoms with Crippen molar-refractivity contribution in [3.8, 4) is 10.4 Å². The molecule has 8 nitrogen and oxygen atoms in total. The molecule has 2 saturated heterocycles. The van der Waals surface area contributed by atoms with Gasteiger partial charge in [-0.15, -0.1) is 11.3 Å². The first kappa shape index (κ1) is 37.1. The van der Waals surface area contributed by atoms with Crippen LogP contribution >= 0.6 is 11.3 Å². The van der Waals surface area contributed by atoms with Crippen LogP contribution in [-0.4, -0.2) is 71.0 Å². The SMILES string of the molecule is Cc1ncsc1-c1ccc(C(CN2CCC(C(F)(F)F)CC2)NC(=O)C2CCCN2C(=O)C(N/C=C(\N)C2CCCCC2)C(C)(C)C)cc1. The van der Waals surface area contributed by atoms with Gasteiger partial charge in [0.15, 0.2) is 0 Å². The van der Waals surface area contributed by atoms with Gasteiger partial charge in [-0.2, -0.15) is 13.2 Å².